The van der Waals surface area contributed by atoms with Crippen molar-refractivity contribution in [2.45, 2.75) is 64.7 Å². The van der Waals surface area contributed by atoms with E-state index in [-0.39, 0.29) is 43.0 Å². The lowest BCUT2D eigenvalue weighted by Gasteiger charge is -2.16. The molecule has 0 amide bonds. The molecule has 1 unspecified atom stereocenters. The maximum absolute atomic E-state index is 11.8. The summed E-state index contributed by atoms with van der Waals surface area (Å²) < 4.78 is 12.2. The zero-order valence-corrected chi connectivity index (χ0v) is 16.2. The highest BCUT2D eigenvalue weighted by Crippen LogP contribution is 2.09. The number of nitrogens with one attached hydrogen (secondary N) is 1. The summed E-state index contributed by atoms with van der Waals surface area (Å²) in [4.78, 5) is 33.9. The molecular weight excluding hydrogens is 366 g/mol. The zero-order valence-electron chi connectivity index (χ0n) is 16.2. The number of unbranched alkanes of at least 4 members (excludes halogenated alkanes) is 5. The molecule has 156 valence electrons. The Kier molecular flexibility index (Phi) is 8.89. The highest BCUT2D eigenvalue weighted by Gasteiger charge is 2.14. The molecule has 2 aromatic rings. The van der Waals surface area contributed by atoms with Gasteiger partial charge in [0, 0.05) is 6.42 Å². The summed E-state index contributed by atoms with van der Waals surface area (Å²) in [6, 6.07) is 0. The molecule has 28 heavy (non-hydrogen) atoms. The number of imidazole rings is 1. The van der Waals surface area contributed by atoms with E-state index in [2.05, 4.69) is 21.9 Å². The summed E-state index contributed by atoms with van der Waals surface area (Å²) in [6.07, 6.45) is 7.62. The summed E-state index contributed by atoms with van der Waals surface area (Å²) in [5.41, 5.74) is 5.52. The third-order valence-corrected chi connectivity index (χ3v) is 4.31. The molecule has 0 aromatic carbocycles. The molecule has 0 radical (unpaired) electrons. The molecule has 0 spiro atoms. The number of hydrogen-bond donors (Lipinski definition) is 3. The number of nitrogens with two attached hydrogens (primary N) is 1. The van der Waals surface area contributed by atoms with Gasteiger partial charge in [-0.15, -0.1) is 0 Å². The van der Waals surface area contributed by atoms with Gasteiger partial charge in [-0.2, -0.15) is 4.98 Å². The second-order valence-electron chi connectivity index (χ2n) is 6.64. The van der Waals surface area contributed by atoms with E-state index in [1.165, 1.54) is 30.2 Å². The topological polar surface area (TPSA) is 145 Å². The Hall–Kier alpha value is -2.46. The number of anilines is 1. The molecule has 0 fully saturated rings. The van der Waals surface area contributed by atoms with Gasteiger partial charge in [0.15, 0.2) is 11.2 Å². The van der Waals surface area contributed by atoms with Gasteiger partial charge in [0.25, 0.3) is 5.56 Å². The van der Waals surface area contributed by atoms with Crippen molar-refractivity contribution in [3.8, 4) is 0 Å². The molecule has 2 aromatic heterocycles. The van der Waals surface area contributed by atoms with Crippen LogP contribution in [0.15, 0.2) is 11.1 Å². The van der Waals surface area contributed by atoms with Crippen LogP contribution >= 0.6 is 0 Å². The summed E-state index contributed by atoms with van der Waals surface area (Å²) in [7, 11) is 0. The zero-order chi connectivity index (χ0) is 20.4. The van der Waals surface area contributed by atoms with Crippen LogP contribution in [0.25, 0.3) is 11.2 Å². The van der Waals surface area contributed by atoms with Crippen LogP contribution in [0.2, 0.25) is 0 Å². The highest BCUT2D eigenvalue weighted by molar-refractivity contribution is 5.70. The van der Waals surface area contributed by atoms with Crippen LogP contribution < -0.4 is 11.3 Å². The van der Waals surface area contributed by atoms with Crippen molar-refractivity contribution in [3.63, 3.8) is 0 Å². The monoisotopic (exact) mass is 395 g/mol. The van der Waals surface area contributed by atoms with Gasteiger partial charge in [-0.25, -0.2) is 4.98 Å². The molecule has 4 N–H and O–H groups in total. The number of aromatic nitrogens is 4. The number of rotatable bonds is 13. The first-order valence-electron chi connectivity index (χ1n) is 9.63. The van der Waals surface area contributed by atoms with E-state index in [4.69, 9.17) is 15.2 Å². The lowest BCUT2D eigenvalue weighted by Crippen LogP contribution is -2.26. The second kappa shape index (κ2) is 11.4. The van der Waals surface area contributed by atoms with E-state index in [1.54, 1.807) is 0 Å². The summed E-state index contributed by atoms with van der Waals surface area (Å²) in [5, 5.41) is 9.43. The number of ether oxygens (including phenoxy) is 2. The lowest BCUT2D eigenvalue weighted by atomic mass is 10.1. The van der Waals surface area contributed by atoms with Gasteiger partial charge < -0.3 is 20.3 Å². The van der Waals surface area contributed by atoms with Crippen molar-refractivity contribution in [2.24, 2.45) is 0 Å². The summed E-state index contributed by atoms with van der Waals surface area (Å²) >= 11 is 0. The van der Waals surface area contributed by atoms with Crippen LogP contribution in [0.3, 0.4) is 0 Å². The number of carbonyl (C=O) groups is 1. The van der Waals surface area contributed by atoms with E-state index >= 15 is 0 Å². The quantitative estimate of drug-likeness (QED) is 0.340. The summed E-state index contributed by atoms with van der Waals surface area (Å²) in [6.45, 7) is 1.78. The maximum Gasteiger partial charge on any atom is 0.305 e. The number of fused-ring (bicyclic) bond motifs is 1. The molecule has 10 nitrogen and oxygen atoms in total. The number of aromatic amines is 1. The summed E-state index contributed by atoms with van der Waals surface area (Å²) in [5.74, 6) is -0.326. The van der Waals surface area contributed by atoms with Crippen molar-refractivity contribution < 1.29 is 19.4 Å². The van der Waals surface area contributed by atoms with Gasteiger partial charge in [0.1, 0.15) is 19.4 Å². The molecule has 2 heterocycles. The molecule has 0 aliphatic carbocycles. The first-order chi connectivity index (χ1) is 13.5. The Morgan fingerprint density at radius 3 is 2.82 bits per heavy atom. The van der Waals surface area contributed by atoms with Gasteiger partial charge in [0.2, 0.25) is 5.95 Å². The molecular formula is C18H29N5O5. The number of H-pyrrole nitrogens is 1. The molecule has 2 rings (SSSR count). The van der Waals surface area contributed by atoms with Crippen molar-refractivity contribution in [1.82, 2.24) is 19.5 Å². The Morgan fingerprint density at radius 1 is 1.32 bits per heavy atom. The minimum Gasteiger partial charge on any atom is -0.463 e. The van der Waals surface area contributed by atoms with E-state index in [0.717, 1.165) is 19.3 Å². The Morgan fingerprint density at radius 2 is 2.07 bits per heavy atom. The third kappa shape index (κ3) is 6.61. The number of nitrogens with zero attached hydrogens (tertiary/aromatic N) is 3. The molecule has 0 saturated carbocycles. The van der Waals surface area contributed by atoms with Gasteiger partial charge in [-0.1, -0.05) is 39.0 Å². The first-order valence-corrected chi connectivity index (χ1v) is 9.63. The number of hydrogen-bond acceptors (Lipinski definition) is 8. The maximum atomic E-state index is 11.8. The van der Waals surface area contributed by atoms with Crippen LogP contribution in [0.1, 0.15) is 51.9 Å². The molecule has 0 aliphatic heterocycles. The normalized spacial score (nSPS) is 12.4. The number of carbonyl (C=O) groups excluding carboxylic acids is 1. The van der Waals surface area contributed by atoms with E-state index < -0.39 is 11.7 Å². The SMILES string of the molecule is CCCCCCCCC(=O)OCC(CO)OCn1cnc2c(=O)[nH]c(N)nc21. The largest absolute Gasteiger partial charge is 0.463 e. The fourth-order valence-corrected chi connectivity index (χ4v) is 2.71. The fraction of sp³-hybridized carbons (Fsp3) is 0.667. The number of esters is 1. The highest BCUT2D eigenvalue weighted by atomic mass is 16.6. The van der Waals surface area contributed by atoms with E-state index in [9.17, 15) is 14.7 Å². The van der Waals surface area contributed by atoms with Gasteiger partial charge >= 0.3 is 5.97 Å². The lowest BCUT2D eigenvalue weighted by molar-refractivity contribution is -0.150. The Bertz CT molecular complexity index is 803. The van der Waals surface area contributed by atoms with E-state index in [0.29, 0.717) is 6.42 Å². The Labute approximate surface area is 163 Å². The van der Waals surface area contributed by atoms with Gasteiger partial charge in [-0.05, 0) is 6.42 Å². The van der Waals surface area contributed by atoms with Gasteiger partial charge in [0.05, 0.1) is 12.9 Å². The first kappa shape index (κ1) is 21.8. The molecule has 0 bridgehead atoms. The van der Waals surface area contributed by atoms with Gasteiger partial charge in [-0.3, -0.25) is 19.1 Å². The van der Waals surface area contributed by atoms with Crippen LogP contribution in [-0.4, -0.2) is 49.9 Å². The average Bonchev–Trinajstić information content (AvgIpc) is 3.08. The predicted molar refractivity (Wildman–Crippen MR) is 103 cm³/mol. The predicted octanol–water partition coefficient (Wildman–Crippen LogP) is 1.33. The molecule has 0 saturated heterocycles. The van der Waals surface area contributed by atoms with Crippen molar-refractivity contribution in [1.29, 1.82) is 0 Å². The average molecular weight is 395 g/mol. The van der Waals surface area contributed by atoms with E-state index in [1.807, 2.05) is 0 Å². The van der Waals surface area contributed by atoms with Crippen LogP contribution in [-0.2, 0) is 21.0 Å². The number of nitrogen functional groups attached to an aromatic ring is 1. The number of aliphatic hydroxyl groups excluding tert-OH is 1. The van der Waals surface area contributed by atoms with Crippen LogP contribution in [0.5, 0.6) is 0 Å². The van der Waals surface area contributed by atoms with Crippen LogP contribution in [0.4, 0.5) is 5.95 Å². The minimum absolute atomic E-state index is 0.0212. The molecule has 10 heteroatoms. The van der Waals surface area contributed by atoms with Crippen molar-refractivity contribution in [2.75, 3.05) is 18.9 Å². The van der Waals surface area contributed by atoms with Crippen molar-refractivity contribution >= 4 is 23.1 Å². The smallest absolute Gasteiger partial charge is 0.305 e. The second-order valence-corrected chi connectivity index (χ2v) is 6.64. The Balaban J connectivity index is 1.74. The van der Waals surface area contributed by atoms with Crippen molar-refractivity contribution in [3.05, 3.63) is 16.7 Å². The fourth-order valence-electron chi connectivity index (χ4n) is 2.71. The standard InChI is InChI=1S/C18H29N5O5/c1-2-3-4-5-6-7-8-14(25)27-10-13(9-24)28-12-23-11-20-15-16(23)21-18(19)22-17(15)26/h11,13,24H,2-10,12H2,1H3,(H3,19,21,22,26). The molecule has 0 aliphatic rings. The molecule has 1 atom stereocenters. The minimum atomic E-state index is -0.690. The number of aliphatic hydroxyl groups is 1. The van der Waals surface area contributed by atoms with Crippen LogP contribution in [0, 0.1) is 0 Å². The third-order valence-electron chi connectivity index (χ3n) is 4.31.